The summed E-state index contributed by atoms with van der Waals surface area (Å²) in [5.74, 6) is -1.73. The van der Waals surface area contributed by atoms with Crippen molar-refractivity contribution in [1.29, 1.82) is 0 Å². The van der Waals surface area contributed by atoms with E-state index in [0.29, 0.717) is 120 Å². The highest BCUT2D eigenvalue weighted by molar-refractivity contribution is 7.99. The number of aliphatic hydroxyl groups excluding tert-OH is 1. The number of aryl methyl sites for hydroxylation is 1. The minimum atomic E-state index is -6.13. The molecule has 5 aliphatic heterocycles. The molecule has 6 heterocycles. The van der Waals surface area contributed by atoms with Crippen molar-refractivity contribution in [2.24, 2.45) is 10.8 Å². The van der Waals surface area contributed by atoms with Crippen LogP contribution in [0.1, 0.15) is 138 Å². The highest BCUT2D eigenvalue weighted by Crippen LogP contribution is 2.46. The predicted octanol–water partition coefficient (Wildman–Crippen LogP) is 11.9. The van der Waals surface area contributed by atoms with Crippen LogP contribution in [0.2, 0.25) is 5.02 Å². The molecule has 12 rings (SSSR count). The lowest BCUT2D eigenvalue weighted by molar-refractivity contribution is -0.141. The lowest BCUT2D eigenvalue weighted by Gasteiger charge is -2.47. The Morgan fingerprint density at radius 2 is 1.51 bits per heavy atom. The van der Waals surface area contributed by atoms with Gasteiger partial charge in [0, 0.05) is 132 Å². The fourth-order valence-electron chi connectivity index (χ4n) is 16.2. The summed E-state index contributed by atoms with van der Waals surface area (Å²) in [6.07, 6.45) is 5.10. The molecule has 616 valence electrons. The highest BCUT2D eigenvalue weighted by Gasteiger charge is 2.49. The standard InChI is InChI=1S/C83H105ClF3N11O12S4/c1-55(57-18-20-59(21-19-57)76-56(2)88-54-112-76)78(102)90-73-45-65(99)50-98(73)80(104)77(81(3,4)5)91-74(100)16-12-7-8-13-17-75(101)96-37-34-94(35-38-96)53-82(6)32-30-68(58-22-25-62(84)26-23-58)61(47-82)48-95-36-39-97-64(49-95)51-110-71-44-60(24-29-70(71)97)79(103)92-114(107,108)67-27-28-69(72(46-67)113(105,106)83(85,86)87)89-63(31-33-93-40-42-109-43-41-93)52-111-66-14-10-9-11-15-66/h9-11,14-15,18-29,44,46,54-55,63-65,73,77,89,99H,7-8,12-13,16-17,30-43,45,47-53H2,1-6H3,(H,90,102)(H,91,100)(H,92,103)/t55-,63+,64-,65+,73-,77+,82+/m0/s1. The van der Waals surface area contributed by atoms with Crippen LogP contribution in [0.3, 0.4) is 0 Å². The molecule has 4 fully saturated rings. The number of thiazole rings is 1. The monoisotopic (exact) mass is 1670 g/mol. The van der Waals surface area contributed by atoms with E-state index in [4.69, 9.17) is 21.1 Å². The molecule has 1 aromatic heterocycles. The minimum absolute atomic E-state index is 0.0255. The van der Waals surface area contributed by atoms with Crippen molar-refractivity contribution < 1.29 is 68.6 Å². The number of ether oxygens (including phenoxy) is 2. The third kappa shape index (κ3) is 21.6. The summed E-state index contributed by atoms with van der Waals surface area (Å²) in [5, 5.41) is 20.5. The molecule has 0 bridgehead atoms. The van der Waals surface area contributed by atoms with Crippen LogP contribution < -0.4 is 30.3 Å². The summed E-state index contributed by atoms with van der Waals surface area (Å²) in [7, 11) is -11.1. The van der Waals surface area contributed by atoms with Crippen LogP contribution in [0.25, 0.3) is 16.0 Å². The molecular formula is C83H105ClF3N11O12S4. The van der Waals surface area contributed by atoms with Gasteiger partial charge in [-0.1, -0.05) is 112 Å². The molecule has 1 aliphatic carbocycles. The van der Waals surface area contributed by atoms with Gasteiger partial charge >= 0.3 is 5.51 Å². The van der Waals surface area contributed by atoms with Crippen molar-refractivity contribution in [3.63, 3.8) is 0 Å². The summed E-state index contributed by atoms with van der Waals surface area (Å²) in [6.45, 7) is 21.3. The van der Waals surface area contributed by atoms with E-state index in [1.54, 1.807) is 22.9 Å². The number of sulfone groups is 1. The topological polar surface area (TPSA) is 273 Å². The zero-order valence-corrected chi connectivity index (χ0v) is 69.5. The number of nitrogens with one attached hydrogen (secondary N) is 4. The number of β-amino-alcohol motifs (C(OH)–C–C–N with tert-alkyl or cyclic N) is 1. The number of thioether (sulfide) groups is 1. The Morgan fingerprint density at radius 3 is 2.20 bits per heavy atom. The number of rotatable bonds is 30. The van der Waals surface area contributed by atoms with Gasteiger partial charge in [0.25, 0.3) is 25.8 Å². The second-order valence-electron chi connectivity index (χ2n) is 32.4. The van der Waals surface area contributed by atoms with Crippen LogP contribution in [-0.4, -0.2) is 228 Å². The van der Waals surface area contributed by atoms with Gasteiger partial charge in [0.15, 0.2) is 0 Å². The van der Waals surface area contributed by atoms with Crippen molar-refractivity contribution in [1.82, 2.24) is 44.8 Å². The minimum Gasteiger partial charge on any atom is -0.489 e. The molecule has 7 atom stereocenters. The smallest absolute Gasteiger partial charge is 0.489 e. The van der Waals surface area contributed by atoms with E-state index in [1.165, 1.54) is 39.9 Å². The molecule has 5 N–H and O–H groups in total. The van der Waals surface area contributed by atoms with Crippen LogP contribution in [0, 0.1) is 17.8 Å². The maximum absolute atomic E-state index is 14.5. The van der Waals surface area contributed by atoms with Crippen LogP contribution in [0.5, 0.6) is 5.75 Å². The Labute approximate surface area is 680 Å². The number of alkyl halides is 3. The van der Waals surface area contributed by atoms with Gasteiger partial charge in [0.2, 0.25) is 23.6 Å². The van der Waals surface area contributed by atoms with Crippen molar-refractivity contribution in [2.45, 2.75) is 169 Å². The molecule has 23 nitrogen and oxygen atoms in total. The van der Waals surface area contributed by atoms with Crippen molar-refractivity contribution in [2.75, 3.05) is 121 Å². The number of sulfonamides is 1. The fraction of sp³-hybridized carbons (Fsp3) is 0.518. The molecule has 114 heavy (non-hydrogen) atoms. The maximum Gasteiger partial charge on any atom is 0.501 e. The van der Waals surface area contributed by atoms with Gasteiger partial charge < -0.3 is 45.2 Å². The molecule has 4 saturated heterocycles. The van der Waals surface area contributed by atoms with Crippen molar-refractivity contribution in [3.05, 3.63) is 154 Å². The zero-order chi connectivity index (χ0) is 81.3. The number of benzene rings is 5. The largest absolute Gasteiger partial charge is 0.501 e. The molecular weight excluding hydrogens is 1560 g/mol. The zero-order valence-electron chi connectivity index (χ0n) is 65.5. The molecule has 0 spiro atoms. The Kier molecular flexibility index (Phi) is 28.1. The Hall–Kier alpha value is -7.65. The number of morpholine rings is 1. The molecule has 0 unspecified atom stereocenters. The normalized spacial score (nSPS) is 20.9. The first-order valence-corrected chi connectivity index (χ1v) is 44.6. The van der Waals surface area contributed by atoms with E-state index in [1.807, 2.05) is 111 Å². The maximum atomic E-state index is 14.5. The van der Waals surface area contributed by atoms with Gasteiger partial charge in [-0.15, -0.1) is 23.1 Å². The Morgan fingerprint density at radius 1 is 0.807 bits per heavy atom. The van der Waals surface area contributed by atoms with Gasteiger partial charge in [-0.3, -0.25) is 38.7 Å². The number of fused-ring (bicyclic) bond motifs is 3. The lowest BCUT2D eigenvalue weighted by atomic mass is 9.71. The number of piperazine rings is 2. The molecule has 5 amide bonds. The van der Waals surface area contributed by atoms with Crippen LogP contribution in [0.15, 0.2) is 141 Å². The molecule has 0 saturated carbocycles. The van der Waals surface area contributed by atoms with E-state index in [2.05, 4.69) is 59.6 Å². The number of nitrogens with zero attached hydrogens (tertiary/aromatic N) is 7. The van der Waals surface area contributed by atoms with E-state index >= 15 is 0 Å². The van der Waals surface area contributed by atoms with E-state index < -0.39 is 82.4 Å². The van der Waals surface area contributed by atoms with Gasteiger partial charge in [-0.05, 0) is 146 Å². The van der Waals surface area contributed by atoms with Gasteiger partial charge in [-0.2, -0.15) is 13.2 Å². The third-order valence-corrected chi connectivity index (χ3v) is 28.0. The van der Waals surface area contributed by atoms with Gasteiger partial charge in [0.05, 0.1) is 63.6 Å². The quantitative estimate of drug-likeness (QED) is 0.0207. The van der Waals surface area contributed by atoms with E-state index in [-0.39, 0.29) is 66.6 Å². The number of halogens is 4. The number of hydrogen-bond acceptors (Lipinski definition) is 20. The number of unbranched alkanes of at least 4 members (excludes halogenated alkanes) is 3. The average Bonchev–Trinajstić information content (AvgIpc) is 1.00. The average molecular weight is 1670 g/mol. The number of amides is 5. The van der Waals surface area contributed by atoms with Crippen LogP contribution in [0.4, 0.5) is 24.5 Å². The first-order valence-electron chi connectivity index (χ1n) is 39.4. The molecule has 31 heteroatoms. The lowest BCUT2D eigenvalue weighted by Crippen LogP contribution is -2.58. The summed E-state index contributed by atoms with van der Waals surface area (Å²) in [5.41, 5.74) is 2.02. The fourth-order valence-corrected chi connectivity index (χ4v) is 20.2. The number of aliphatic hydroxyl groups is 1. The summed E-state index contributed by atoms with van der Waals surface area (Å²) in [4.78, 5) is 85.9. The van der Waals surface area contributed by atoms with E-state index in [0.717, 1.165) is 103 Å². The number of aromatic nitrogens is 1. The number of likely N-dealkylation sites (tertiary alicyclic amines) is 1. The van der Waals surface area contributed by atoms with E-state index in [9.17, 15) is 59.1 Å². The van der Waals surface area contributed by atoms with Crippen molar-refractivity contribution >= 4 is 101 Å². The Bertz CT molecular complexity index is 4660. The summed E-state index contributed by atoms with van der Waals surface area (Å²) >= 11 is 9.41. The number of carbonyl (C=O) groups excluding carboxylic acids is 5. The molecule has 6 aliphatic rings. The summed E-state index contributed by atoms with van der Waals surface area (Å²) < 4.78 is 112. The Balaban J connectivity index is 0.596. The molecule has 5 aromatic carbocycles. The number of hydrogen-bond donors (Lipinski definition) is 5. The summed E-state index contributed by atoms with van der Waals surface area (Å²) in [6, 6.07) is 30.6. The highest BCUT2D eigenvalue weighted by atomic mass is 35.5. The van der Waals surface area contributed by atoms with Crippen LogP contribution in [-0.2, 0) is 43.8 Å². The number of anilines is 2. The van der Waals surface area contributed by atoms with Crippen molar-refractivity contribution in [3.8, 4) is 16.2 Å². The SMILES string of the molecule is Cc1ncsc1-c1ccc([C@H](C)C(=O)N[C@@H]2C[C@@H](O)CN2C(=O)[C@@H](NC(=O)CCCCCCC(=O)N2CCN(C[C@]3(C)CCC(c4ccc(Cl)cc4)=C(CN4CCN5c6ccc(C(=O)NS(=O)(=O)c7ccc(N[C@H](CCN8CCOCC8)CSc8ccccc8)c(S(=O)(=O)C(F)(F)F)c7)cc6OC[C@@H]5C4)C3)CC2)C(C)(C)C)cc1. The molecule has 0 radical (unpaired) electrons. The second kappa shape index (κ2) is 37.3. The second-order valence-corrected chi connectivity index (χ2v) is 38.3. The molecule has 6 aromatic rings. The number of allylic oxidation sites excluding steroid dienone is 1. The predicted molar refractivity (Wildman–Crippen MR) is 438 cm³/mol. The third-order valence-electron chi connectivity index (χ3n) is 22.7. The van der Waals surface area contributed by atoms with Gasteiger partial charge in [-0.25, -0.2) is 26.5 Å². The first kappa shape index (κ1) is 85.7. The van der Waals surface area contributed by atoms with Gasteiger partial charge in [0.1, 0.15) is 29.5 Å². The first-order chi connectivity index (χ1) is 54.3. The number of carbonyl (C=O) groups is 5. The van der Waals surface area contributed by atoms with Crippen LogP contribution >= 0.6 is 34.7 Å².